The molecule has 0 amide bonds. The molecule has 0 fully saturated rings. The molecule has 0 spiro atoms. The molecule has 0 radical (unpaired) electrons. The van der Waals surface area contributed by atoms with E-state index in [9.17, 15) is 0 Å². The molecule has 0 saturated carbocycles. The van der Waals surface area contributed by atoms with E-state index in [-0.39, 0.29) is 6.61 Å². The molecule has 0 atom stereocenters. The summed E-state index contributed by atoms with van der Waals surface area (Å²) in [7, 11) is 0. The fourth-order valence-electron chi connectivity index (χ4n) is 3.05. The third-order valence-electron chi connectivity index (χ3n) is 4.52. The molecule has 0 saturated heterocycles. The van der Waals surface area contributed by atoms with Gasteiger partial charge in [-0.05, 0) is 18.8 Å². The van der Waals surface area contributed by atoms with Crippen molar-refractivity contribution in [1.82, 2.24) is 0 Å². The van der Waals surface area contributed by atoms with Crippen molar-refractivity contribution in [2.45, 2.75) is 104 Å². The quantitative estimate of drug-likeness (QED) is 0.309. The first-order valence-electron chi connectivity index (χ1n) is 10.0. The number of hydrogen-bond acceptors (Lipinski definition) is 2. The number of aliphatic hydroxyl groups is 1. The second-order valence-electron chi connectivity index (χ2n) is 6.78. The second-order valence-corrected chi connectivity index (χ2v) is 6.78. The zero-order valence-electron chi connectivity index (χ0n) is 15.5. The predicted octanol–water partition coefficient (Wildman–Crippen LogP) is 6.11. The van der Waals surface area contributed by atoms with Gasteiger partial charge in [0.05, 0.1) is 13.2 Å². The van der Waals surface area contributed by atoms with E-state index in [1.54, 1.807) is 0 Å². The van der Waals surface area contributed by atoms with Gasteiger partial charge >= 0.3 is 0 Å². The monoisotopic (exact) mass is 314 g/mol. The van der Waals surface area contributed by atoms with Gasteiger partial charge in [-0.15, -0.1) is 0 Å². The highest BCUT2D eigenvalue weighted by molar-refractivity contribution is 4.60. The molecule has 0 aromatic rings. The van der Waals surface area contributed by atoms with Gasteiger partial charge in [-0.1, -0.05) is 90.9 Å². The maximum Gasteiger partial charge on any atom is 0.0697 e. The molecule has 2 heteroatoms. The minimum Gasteiger partial charge on any atom is -0.394 e. The molecule has 0 aliphatic carbocycles. The Balaban J connectivity index is 3.65. The van der Waals surface area contributed by atoms with Crippen LogP contribution in [0.15, 0.2) is 0 Å². The maximum atomic E-state index is 8.85. The van der Waals surface area contributed by atoms with E-state index in [2.05, 4.69) is 13.8 Å². The largest absolute Gasteiger partial charge is 0.394 e. The Morgan fingerprint density at radius 2 is 1.14 bits per heavy atom. The van der Waals surface area contributed by atoms with Crippen molar-refractivity contribution in [3.05, 3.63) is 0 Å². The Bertz CT molecular complexity index is 178. The molecule has 134 valence electrons. The van der Waals surface area contributed by atoms with Gasteiger partial charge in [-0.25, -0.2) is 0 Å². The van der Waals surface area contributed by atoms with Crippen LogP contribution in [0.2, 0.25) is 0 Å². The third kappa shape index (κ3) is 16.3. The number of unbranched alkanes of at least 4 members (excludes halogenated alkanes) is 10. The van der Waals surface area contributed by atoms with E-state index in [4.69, 9.17) is 9.84 Å². The highest BCUT2D eigenvalue weighted by Crippen LogP contribution is 2.19. The van der Waals surface area contributed by atoms with Crippen LogP contribution in [0, 0.1) is 5.92 Å². The maximum absolute atomic E-state index is 8.85. The van der Waals surface area contributed by atoms with Gasteiger partial charge in [0.25, 0.3) is 0 Å². The molecule has 0 aliphatic heterocycles. The summed E-state index contributed by atoms with van der Waals surface area (Å²) in [6, 6.07) is 0. The zero-order valence-corrected chi connectivity index (χ0v) is 15.5. The standard InChI is InChI=1S/C20H42O2/c1-3-5-7-9-11-13-15-20(19-22-18-17-21)16-14-12-10-8-6-4-2/h20-21H,3-19H2,1-2H3. The average molecular weight is 315 g/mol. The fraction of sp³-hybridized carbons (Fsp3) is 1.00. The highest BCUT2D eigenvalue weighted by atomic mass is 16.5. The van der Waals surface area contributed by atoms with Gasteiger partial charge in [0.1, 0.15) is 0 Å². The molecule has 0 heterocycles. The lowest BCUT2D eigenvalue weighted by Crippen LogP contribution is -2.12. The summed E-state index contributed by atoms with van der Waals surface area (Å²) in [5, 5.41) is 8.85. The van der Waals surface area contributed by atoms with Crippen LogP contribution in [0.1, 0.15) is 104 Å². The SMILES string of the molecule is CCCCCCCCC(CCCCCCCC)COCCO. The molecule has 0 unspecified atom stereocenters. The lowest BCUT2D eigenvalue weighted by atomic mass is 9.95. The number of aliphatic hydroxyl groups excluding tert-OH is 1. The van der Waals surface area contributed by atoms with E-state index >= 15 is 0 Å². The highest BCUT2D eigenvalue weighted by Gasteiger charge is 2.09. The van der Waals surface area contributed by atoms with Crippen molar-refractivity contribution >= 4 is 0 Å². The lowest BCUT2D eigenvalue weighted by Gasteiger charge is -2.17. The minimum absolute atomic E-state index is 0.154. The summed E-state index contributed by atoms with van der Waals surface area (Å²) in [4.78, 5) is 0. The van der Waals surface area contributed by atoms with E-state index < -0.39 is 0 Å². The van der Waals surface area contributed by atoms with Crippen molar-refractivity contribution in [2.24, 2.45) is 5.92 Å². The second kappa shape index (κ2) is 19.0. The van der Waals surface area contributed by atoms with Crippen molar-refractivity contribution in [1.29, 1.82) is 0 Å². The Hall–Kier alpha value is -0.0800. The minimum atomic E-state index is 0.154. The van der Waals surface area contributed by atoms with E-state index in [1.807, 2.05) is 0 Å². The summed E-state index contributed by atoms with van der Waals surface area (Å²) in [5.74, 6) is 0.712. The molecule has 0 aromatic heterocycles. The Labute approximate surface area is 140 Å². The van der Waals surface area contributed by atoms with Gasteiger partial charge < -0.3 is 9.84 Å². The van der Waals surface area contributed by atoms with Crippen LogP contribution >= 0.6 is 0 Å². The van der Waals surface area contributed by atoms with Crippen LogP contribution < -0.4 is 0 Å². The van der Waals surface area contributed by atoms with Crippen molar-refractivity contribution < 1.29 is 9.84 Å². The summed E-state index contributed by atoms with van der Waals surface area (Å²) >= 11 is 0. The van der Waals surface area contributed by atoms with Gasteiger partial charge in [0.2, 0.25) is 0 Å². The molecule has 22 heavy (non-hydrogen) atoms. The van der Waals surface area contributed by atoms with Crippen LogP contribution in [-0.2, 0) is 4.74 Å². The van der Waals surface area contributed by atoms with Gasteiger partial charge in [0, 0.05) is 6.61 Å². The summed E-state index contributed by atoms with van der Waals surface area (Å²) < 4.78 is 5.59. The Morgan fingerprint density at radius 3 is 1.59 bits per heavy atom. The molecule has 0 bridgehead atoms. The fourth-order valence-corrected chi connectivity index (χ4v) is 3.05. The normalized spacial score (nSPS) is 11.5. The van der Waals surface area contributed by atoms with Crippen LogP contribution in [-0.4, -0.2) is 24.9 Å². The molecular formula is C20H42O2. The third-order valence-corrected chi connectivity index (χ3v) is 4.52. The van der Waals surface area contributed by atoms with Crippen LogP contribution in [0.5, 0.6) is 0 Å². The van der Waals surface area contributed by atoms with E-state index in [0.717, 1.165) is 6.61 Å². The molecule has 0 aliphatic rings. The van der Waals surface area contributed by atoms with Crippen LogP contribution in [0.25, 0.3) is 0 Å². The van der Waals surface area contributed by atoms with Crippen molar-refractivity contribution in [2.75, 3.05) is 19.8 Å². The topological polar surface area (TPSA) is 29.5 Å². The van der Waals surface area contributed by atoms with E-state index in [1.165, 1.54) is 89.9 Å². The molecule has 0 rings (SSSR count). The number of hydrogen-bond donors (Lipinski definition) is 1. The first-order chi connectivity index (χ1) is 10.8. The average Bonchev–Trinajstić information content (AvgIpc) is 2.53. The number of rotatable bonds is 18. The van der Waals surface area contributed by atoms with Gasteiger partial charge in [-0.2, -0.15) is 0 Å². The molecule has 2 nitrogen and oxygen atoms in total. The Morgan fingerprint density at radius 1 is 0.682 bits per heavy atom. The molecule has 1 N–H and O–H groups in total. The van der Waals surface area contributed by atoms with Crippen molar-refractivity contribution in [3.8, 4) is 0 Å². The van der Waals surface area contributed by atoms with Gasteiger partial charge in [-0.3, -0.25) is 0 Å². The summed E-state index contributed by atoms with van der Waals surface area (Å²) in [6.45, 7) is 6.05. The van der Waals surface area contributed by atoms with Crippen molar-refractivity contribution in [3.63, 3.8) is 0 Å². The van der Waals surface area contributed by atoms with Crippen LogP contribution in [0.4, 0.5) is 0 Å². The predicted molar refractivity (Wildman–Crippen MR) is 97.4 cm³/mol. The Kier molecular flexibility index (Phi) is 18.9. The van der Waals surface area contributed by atoms with Gasteiger partial charge in [0.15, 0.2) is 0 Å². The number of ether oxygens (including phenoxy) is 1. The summed E-state index contributed by atoms with van der Waals surface area (Å²) in [5.41, 5.74) is 0. The molecule has 0 aromatic carbocycles. The zero-order chi connectivity index (χ0) is 16.3. The van der Waals surface area contributed by atoms with E-state index in [0.29, 0.717) is 12.5 Å². The van der Waals surface area contributed by atoms with Crippen LogP contribution in [0.3, 0.4) is 0 Å². The summed E-state index contributed by atoms with van der Waals surface area (Å²) in [6.07, 6.45) is 19.1. The first kappa shape index (κ1) is 21.9. The molecular weight excluding hydrogens is 272 g/mol. The lowest BCUT2D eigenvalue weighted by molar-refractivity contribution is 0.0620. The first-order valence-corrected chi connectivity index (χ1v) is 10.0. The smallest absolute Gasteiger partial charge is 0.0697 e.